The first-order valence-corrected chi connectivity index (χ1v) is 4.24. The lowest BCUT2D eigenvalue weighted by Gasteiger charge is -2.06. The van der Waals surface area contributed by atoms with Crippen LogP contribution in [0.4, 0.5) is 13.2 Å². The van der Waals surface area contributed by atoms with Gasteiger partial charge >= 0.3 is 0 Å². The fourth-order valence-electron chi connectivity index (χ4n) is 1.77. The molecule has 1 aromatic rings. The molecule has 0 aliphatic heterocycles. The highest BCUT2D eigenvalue weighted by molar-refractivity contribution is 6.01. The smallest absolute Gasteiger partial charge is 0.264 e. The Hall–Kier alpha value is -1.32. The summed E-state index contributed by atoms with van der Waals surface area (Å²) < 4.78 is 38.0. The van der Waals surface area contributed by atoms with E-state index in [1.807, 2.05) is 0 Å². The second-order valence-corrected chi connectivity index (χ2v) is 3.21. The maximum atomic E-state index is 13.1. The summed E-state index contributed by atoms with van der Waals surface area (Å²) in [5, 5.41) is 0. The van der Waals surface area contributed by atoms with Crippen molar-refractivity contribution in [2.24, 2.45) is 0 Å². The molecule has 74 valence electrons. The number of ketones is 1. The van der Waals surface area contributed by atoms with E-state index in [1.165, 1.54) is 0 Å². The molecule has 0 fully saturated rings. The number of hydrogen-bond donors (Lipinski definition) is 0. The largest absolute Gasteiger partial charge is 0.294 e. The van der Waals surface area contributed by atoms with Gasteiger partial charge in [-0.25, -0.2) is 13.2 Å². The highest BCUT2D eigenvalue weighted by Gasteiger charge is 2.28. The normalized spacial score (nSPS) is 15.0. The fraction of sp³-hybridized carbons (Fsp3) is 0.300. The molecule has 2 rings (SSSR count). The van der Waals surface area contributed by atoms with Gasteiger partial charge < -0.3 is 0 Å². The molecule has 0 unspecified atom stereocenters. The van der Waals surface area contributed by atoms with Crippen LogP contribution in [0.3, 0.4) is 0 Å². The first-order valence-electron chi connectivity index (χ1n) is 4.24. The fourth-order valence-corrected chi connectivity index (χ4v) is 1.77. The first kappa shape index (κ1) is 9.24. The summed E-state index contributed by atoms with van der Waals surface area (Å²) in [6.45, 7) is 0. The van der Waals surface area contributed by atoms with Crippen molar-refractivity contribution < 1.29 is 18.0 Å². The van der Waals surface area contributed by atoms with Gasteiger partial charge in [-0.3, -0.25) is 4.79 Å². The van der Waals surface area contributed by atoms with Crippen LogP contribution in [0.5, 0.6) is 0 Å². The summed E-state index contributed by atoms with van der Waals surface area (Å²) in [7, 11) is 0. The number of halogens is 3. The summed E-state index contributed by atoms with van der Waals surface area (Å²) >= 11 is 0. The molecule has 1 aromatic carbocycles. The van der Waals surface area contributed by atoms with Gasteiger partial charge in [0.2, 0.25) is 0 Å². The number of hydrogen-bond acceptors (Lipinski definition) is 1. The van der Waals surface area contributed by atoms with E-state index in [4.69, 9.17) is 0 Å². The van der Waals surface area contributed by atoms with Gasteiger partial charge in [0.05, 0.1) is 5.56 Å². The lowest BCUT2D eigenvalue weighted by Crippen LogP contribution is -1.99. The maximum absolute atomic E-state index is 13.1. The highest BCUT2D eigenvalue weighted by atomic mass is 19.3. The van der Waals surface area contributed by atoms with Crippen molar-refractivity contribution in [1.29, 1.82) is 0 Å². The molecule has 4 heteroatoms. The third kappa shape index (κ3) is 1.22. The van der Waals surface area contributed by atoms with Crippen LogP contribution in [-0.4, -0.2) is 5.78 Å². The van der Waals surface area contributed by atoms with E-state index in [-0.39, 0.29) is 35.3 Å². The zero-order valence-electron chi connectivity index (χ0n) is 7.19. The van der Waals surface area contributed by atoms with Gasteiger partial charge in [-0.05, 0) is 18.1 Å². The number of benzene rings is 1. The minimum absolute atomic E-state index is 0.135. The Labute approximate surface area is 78.5 Å². The van der Waals surface area contributed by atoms with Gasteiger partial charge in [-0.1, -0.05) is 6.07 Å². The average Bonchev–Trinajstić information content (AvgIpc) is 2.49. The first-order chi connectivity index (χ1) is 6.61. The van der Waals surface area contributed by atoms with E-state index in [2.05, 4.69) is 0 Å². The third-order valence-corrected chi connectivity index (χ3v) is 2.41. The standard InChI is InChI=1S/C10H7F3O/c11-7-3-1-6(10(12)13)5-2-4-8(14)9(5)7/h1,3,10H,2,4H2. The molecule has 0 aromatic heterocycles. The van der Waals surface area contributed by atoms with Crippen molar-refractivity contribution >= 4 is 5.78 Å². The Morgan fingerprint density at radius 1 is 1.21 bits per heavy atom. The average molecular weight is 200 g/mol. The molecule has 0 saturated heterocycles. The minimum atomic E-state index is -2.64. The van der Waals surface area contributed by atoms with Crippen molar-refractivity contribution in [3.8, 4) is 0 Å². The second-order valence-electron chi connectivity index (χ2n) is 3.21. The molecule has 0 atom stereocenters. The quantitative estimate of drug-likeness (QED) is 0.681. The molecule has 1 aliphatic carbocycles. The van der Waals surface area contributed by atoms with Crippen molar-refractivity contribution in [2.45, 2.75) is 19.3 Å². The summed E-state index contributed by atoms with van der Waals surface area (Å²) in [6.07, 6.45) is -2.28. The Balaban J connectivity index is 2.64. The summed E-state index contributed by atoms with van der Waals surface area (Å²) in [4.78, 5) is 11.2. The topological polar surface area (TPSA) is 17.1 Å². The third-order valence-electron chi connectivity index (χ3n) is 2.41. The van der Waals surface area contributed by atoms with Crippen LogP contribution in [-0.2, 0) is 6.42 Å². The molecular weight excluding hydrogens is 193 g/mol. The van der Waals surface area contributed by atoms with Gasteiger partial charge in [0.15, 0.2) is 5.78 Å². The SMILES string of the molecule is O=C1CCc2c(C(F)F)ccc(F)c21. The minimum Gasteiger partial charge on any atom is -0.294 e. The molecule has 1 nitrogen and oxygen atoms in total. The Bertz CT molecular complexity index is 399. The molecule has 0 radical (unpaired) electrons. The van der Waals surface area contributed by atoms with Crippen LogP contribution < -0.4 is 0 Å². The monoisotopic (exact) mass is 200 g/mol. The zero-order chi connectivity index (χ0) is 10.3. The van der Waals surface area contributed by atoms with Crippen LogP contribution in [0.2, 0.25) is 0 Å². The van der Waals surface area contributed by atoms with Crippen LogP contribution in [0.15, 0.2) is 12.1 Å². The van der Waals surface area contributed by atoms with E-state index in [9.17, 15) is 18.0 Å². The molecule has 0 N–H and O–H groups in total. The Morgan fingerprint density at radius 2 is 1.93 bits per heavy atom. The molecule has 0 spiro atoms. The molecule has 0 heterocycles. The van der Waals surface area contributed by atoms with E-state index in [0.717, 1.165) is 12.1 Å². The molecule has 0 amide bonds. The van der Waals surface area contributed by atoms with Gasteiger partial charge in [0.1, 0.15) is 5.82 Å². The second kappa shape index (κ2) is 3.12. The van der Waals surface area contributed by atoms with E-state index in [1.54, 1.807) is 0 Å². The molecular formula is C10H7F3O. The lowest BCUT2D eigenvalue weighted by atomic mass is 10.0. The molecule has 0 saturated carbocycles. The van der Waals surface area contributed by atoms with Crippen LogP contribution in [0.1, 0.15) is 34.3 Å². The number of fused-ring (bicyclic) bond motifs is 1. The van der Waals surface area contributed by atoms with Crippen molar-refractivity contribution in [2.75, 3.05) is 0 Å². The highest BCUT2D eigenvalue weighted by Crippen LogP contribution is 2.32. The number of alkyl halides is 2. The van der Waals surface area contributed by atoms with Crippen molar-refractivity contribution in [1.82, 2.24) is 0 Å². The van der Waals surface area contributed by atoms with Crippen LogP contribution in [0, 0.1) is 5.82 Å². The molecule has 1 aliphatic rings. The number of Topliss-reactive ketones (excluding diaryl/α,β-unsaturated/α-hetero) is 1. The van der Waals surface area contributed by atoms with Crippen molar-refractivity contribution in [3.63, 3.8) is 0 Å². The van der Waals surface area contributed by atoms with Gasteiger partial charge in [-0.2, -0.15) is 0 Å². The van der Waals surface area contributed by atoms with Gasteiger partial charge in [0.25, 0.3) is 6.43 Å². The molecule has 14 heavy (non-hydrogen) atoms. The Morgan fingerprint density at radius 3 is 2.57 bits per heavy atom. The summed E-state index contributed by atoms with van der Waals surface area (Å²) in [6, 6.07) is 1.99. The maximum Gasteiger partial charge on any atom is 0.264 e. The predicted octanol–water partition coefficient (Wildman–Crippen LogP) is 2.89. The lowest BCUT2D eigenvalue weighted by molar-refractivity contribution is 0.0991. The molecule has 0 bridgehead atoms. The van der Waals surface area contributed by atoms with Gasteiger partial charge in [-0.15, -0.1) is 0 Å². The van der Waals surface area contributed by atoms with E-state index in [0.29, 0.717) is 0 Å². The summed E-state index contributed by atoms with van der Waals surface area (Å²) in [5.74, 6) is -1.06. The number of carbonyl (C=O) groups is 1. The van der Waals surface area contributed by atoms with E-state index >= 15 is 0 Å². The number of rotatable bonds is 1. The van der Waals surface area contributed by atoms with Crippen LogP contribution >= 0.6 is 0 Å². The van der Waals surface area contributed by atoms with Crippen molar-refractivity contribution in [3.05, 3.63) is 34.6 Å². The zero-order valence-corrected chi connectivity index (χ0v) is 7.19. The van der Waals surface area contributed by atoms with E-state index < -0.39 is 12.2 Å². The van der Waals surface area contributed by atoms with Crippen LogP contribution in [0.25, 0.3) is 0 Å². The Kier molecular flexibility index (Phi) is 2.06. The number of carbonyl (C=O) groups excluding carboxylic acids is 1. The summed E-state index contributed by atoms with van der Waals surface area (Å²) in [5.41, 5.74) is -0.167. The predicted molar refractivity (Wildman–Crippen MR) is 44.0 cm³/mol. The van der Waals surface area contributed by atoms with Gasteiger partial charge in [0, 0.05) is 12.0 Å².